The molecule has 18 heavy (non-hydrogen) atoms. The van der Waals surface area contributed by atoms with Crippen molar-refractivity contribution in [3.63, 3.8) is 0 Å². The summed E-state index contributed by atoms with van der Waals surface area (Å²) in [6, 6.07) is 4.78. The maximum atomic E-state index is 13.2. The number of nitrogens with zero attached hydrogens (tertiary/aromatic N) is 1. The molecular weight excluding hydrogens is 251 g/mol. The Morgan fingerprint density at radius 3 is 2.89 bits per heavy atom. The Balaban J connectivity index is 1.90. The van der Waals surface area contributed by atoms with Gasteiger partial charge in [0, 0.05) is 29.7 Å². The van der Waals surface area contributed by atoms with Gasteiger partial charge in [-0.25, -0.2) is 9.37 Å². The van der Waals surface area contributed by atoms with Gasteiger partial charge in [0.05, 0.1) is 6.61 Å². The van der Waals surface area contributed by atoms with Gasteiger partial charge < -0.3 is 10.4 Å². The number of rotatable bonds is 5. The fourth-order valence-corrected chi connectivity index (χ4v) is 2.40. The average molecular weight is 266 g/mol. The monoisotopic (exact) mass is 266 g/mol. The molecule has 0 aliphatic rings. The Morgan fingerprint density at radius 2 is 2.22 bits per heavy atom. The molecule has 2 N–H and O–H groups in total. The molecule has 0 fully saturated rings. The van der Waals surface area contributed by atoms with Gasteiger partial charge in [0.2, 0.25) is 0 Å². The summed E-state index contributed by atoms with van der Waals surface area (Å²) in [5, 5.41) is 15.3. The van der Waals surface area contributed by atoms with E-state index in [1.165, 1.54) is 6.07 Å². The summed E-state index contributed by atoms with van der Waals surface area (Å²) >= 11 is 1.62. The van der Waals surface area contributed by atoms with Gasteiger partial charge >= 0.3 is 0 Å². The molecule has 3 nitrogen and oxygen atoms in total. The summed E-state index contributed by atoms with van der Waals surface area (Å²) in [6.45, 7) is 3.02. The van der Waals surface area contributed by atoms with Gasteiger partial charge in [0.25, 0.3) is 0 Å². The molecule has 2 rings (SSSR count). The number of thiazole rings is 1. The lowest BCUT2D eigenvalue weighted by atomic mass is 10.1. The molecule has 1 aromatic heterocycles. The zero-order valence-corrected chi connectivity index (χ0v) is 10.9. The van der Waals surface area contributed by atoms with Crippen LogP contribution in [0, 0.1) is 12.7 Å². The van der Waals surface area contributed by atoms with E-state index in [0.717, 1.165) is 16.3 Å². The van der Waals surface area contributed by atoms with E-state index in [4.69, 9.17) is 5.11 Å². The first-order valence-corrected chi connectivity index (χ1v) is 6.57. The quantitative estimate of drug-likeness (QED) is 0.873. The molecule has 0 saturated carbocycles. The number of hydrogen-bond donors (Lipinski definition) is 2. The van der Waals surface area contributed by atoms with Crippen molar-refractivity contribution in [2.45, 2.75) is 26.6 Å². The van der Waals surface area contributed by atoms with E-state index < -0.39 is 0 Å². The van der Waals surface area contributed by atoms with Crippen molar-refractivity contribution in [2.75, 3.05) is 0 Å². The molecular formula is C13H15FN2OS. The number of nitrogens with one attached hydrogen (secondary N) is 1. The van der Waals surface area contributed by atoms with Crippen LogP contribution in [-0.2, 0) is 19.7 Å². The van der Waals surface area contributed by atoms with E-state index in [2.05, 4.69) is 10.3 Å². The van der Waals surface area contributed by atoms with Gasteiger partial charge in [-0.1, -0.05) is 6.07 Å². The summed E-state index contributed by atoms with van der Waals surface area (Å²) in [5.74, 6) is -0.364. The van der Waals surface area contributed by atoms with Gasteiger partial charge in [-0.15, -0.1) is 11.3 Å². The van der Waals surface area contributed by atoms with Crippen LogP contribution in [0.2, 0.25) is 0 Å². The van der Waals surface area contributed by atoms with E-state index in [1.54, 1.807) is 23.5 Å². The minimum absolute atomic E-state index is 0.272. The number of benzene rings is 1. The number of aromatic nitrogens is 1. The van der Waals surface area contributed by atoms with Crippen molar-refractivity contribution in [2.24, 2.45) is 0 Å². The number of halogens is 1. The maximum Gasteiger partial charge on any atom is 0.128 e. The van der Waals surface area contributed by atoms with Gasteiger partial charge in [-0.3, -0.25) is 0 Å². The molecule has 0 radical (unpaired) electrons. The molecule has 0 saturated heterocycles. The SMILES string of the molecule is Cc1csc(CNCc2ccc(F)c(CO)c2)n1. The summed E-state index contributed by atoms with van der Waals surface area (Å²) in [6.07, 6.45) is 0. The lowest BCUT2D eigenvalue weighted by Gasteiger charge is -2.05. The van der Waals surface area contributed by atoms with E-state index in [1.807, 2.05) is 12.3 Å². The Morgan fingerprint density at radius 1 is 1.39 bits per heavy atom. The zero-order chi connectivity index (χ0) is 13.0. The summed E-state index contributed by atoms with van der Waals surface area (Å²) in [4.78, 5) is 4.35. The predicted molar refractivity (Wildman–Crippen MR) is 69.7 cm³/mol. The molecule has 2 aromatic rings. The second kappa shape index (κ2) is 6.04. The van der Waals surface area contributed by atoms with Gasteiger partial charge in [-0.05, 0) is 24.6 Å². The molecule has 5 heteroatoms. The van der Waals surface area contributed by atoms with Crippen LogP contribution in [0.5, 0.6) is 0 Å². The lowest BCUT2D eigenvalue weighted by Crippen LogP contribution is -2.13. The highest BCUT2D eigenvalue weighted by atomic mass is 32.1. The minimum Gasteiger partial charge on any atom is -0.392 e. The second-order valence-electron chi connectivity index (χ2n) is 4.07. The third-order valence-electron chi connectivity index (χ3n) is 2.55. The molecule has 96 valence electrons. The van der Waals surface area contributed by atoms with Crippen LogP contribution < -0.4 is 5.32 Å². The second-order valence-corrected chi connectivity index (χ2v) is 5.01. The standard InChI is InChI=1S/C13H15FN2OS/c1-9-8-18-13(16-9)6-15-5-10-2-3-12(14)11(4-10)7-17/h2-4,8,15,17H,5-7H2,1H3. The van der Waals surface area contributed by atoms with Crippen LogP contribution >= 0.6 is 11.3 Å². The van der Waals surface area contributed by atoms with Crippen LogP contribution in [0.1, 0.15) is 21.8 Å². The van der Waals surface area contributed by atoms with Gasteiger partial charge in [-0.2, -0.15) is 0 Å². The van der Waals surface area contributed by atoms with Crippen molar-refractivity contribution >= 4 is 11.3 Å². The third kappa shape index (κ3) is 3.35. The highest BCUT2D eigenvalue weighted by molar-refractivity contribution is 7.09. The minimum atomic E-state index is -0.364. The van der Waals surface area contributed by atoms with Gasteiger partial charge in [0.1, 0.15) is 10.8 Å². The Bertz CT molecular complexity index is 527. The molecule has 0 bridgehead atoms. The van der Waals surface area contributed by atoms with Crippen molar-refractivity contribution in [3.05, 3.63) is 51.2 Å². The highest BCUT2D eigenvalue weighted by Crippen LogP contribution is 2.11. The number of hydrogen-bond acceptors (Lipinski definition) is 4. The lowest BCUT2D eigenvalue weighted by molar-refractivity contribution is 0.275. The van der Waals surface area contributed by atoms with Gasteiger partial charge in [0.15, 0.2) is 0 Å². The van der Waals surface area contributed by atoms with Crippen molar-refractivity contribution < 1.29 is 9.50 Å². The summed E-state index contributed by atoms with van der Waals surface area (Å²) in [7, 11) is 0. The third-order valence-corrected chi connectivity index (χ3v) is 3.52. The van der Waals surface area contributed by atoms with E-state index in [0.29, 0.717) is 18.7 Å². The van der Waals surface area contributed by atoms with E-state index in [9.17, 15) is 4.39 Å². The molecule has 0 spiro atoms. The molecule has 0 aliphatic heterocycles. The fraction of sp³-hybridized carbons (Fsp3) is 0.308. The number of aryl methyl sites for hydroxylation is 1. The molecule has 0 unspecified atom stereocenters. The maximum absolute atomic E-state index is 13.2. The Kier molecular flexibility index (Phi) is 4.41. The van der Waals surface area contributed by atoms with Crippen LogP contribution in [0.25, 0.3) is 0 Å². The Labute approximate surface area is 109 Å². The highest BCUT2D eigenvalue weighted by Gasteiger charge is 2.03. The first-order valence-electron chi connectivity index (χ1n) is 5.69. The molecule has 1 heterocycles. The Hall–Kier alpha value is -1.30. The van der Waals surface area contributed by atoms with Crippen molar-refractivity contribution in [1.82, 2.24) is 10.3 Å². The van der Waals surface area contributed by atoms with Crippen LogP contribution in [-0.4, -0.2) is 10.1 Å². The van der Waals surface area contributed by atoms with E-state index in [-0.39, 0.29) is 12.4 Å². The average Bonchev–Trinajstić information content (AvgIpc) is 2.77. The first kappa shape index (κ1) is 13.1. The van der Waals surface area contributed by atoms with Crippen molar-refractivity contribution in [3.8, 4) is 0 Å². The van der Waals surface area contributed by atoms with E-state index >= 15 is 0 Å². The largest absolute Gasteiger partial charge is 0.392 e. The van der Waals surface area contributed by atoms with Crippen LogP contribution in [0.4, 0.5) is 4.39 Å². The molecule has 0 atom stereocenters. The molecule has 0 amide bonds. The van der Waals surface area contributed by atoms with Crippen LogP contribution in [0.3, 0.4) is 0 Å². The first-order chi connectivity index (χ1) is 8.69. The molecule has 1 aromatic carbocycles. The van der Waals surface area contributed by atoms with Crippen LogP contribution in [0.15, 0.2) is 23.6 Å². The zero-order valence-electron chi connectivity index (χ0n) is 10.1. The summed E-state index contributed by atoms with van der Waals surface area (Å²) in [5.41, 5.74) is 2.31. The topological polar surface area (TPSA) is 45.1 Å². The van der Waals surface area contributed by atoms with Crippen molar-refractivity contribution in [1.29, 1.82) is 0 Å². The smallest absolute Gasteiger partial charge is 0.128 e. The normalized spacial score (nSPS) is 10.8. The fourth-order valence-electron chi connectivity index (χ4n) is 1.66. The number of aliphatic hydroxyl groups is 1. The predicted octanol–water partition coefficient (Wildman–Crippen LogP) is 2.37. The summed E-state index contributed by atoms with van der Waals surface area (Å²) < 4.78 is 13.2. The number of aliphatic hydroxyl groups excluding tert-OH is 1. The molecule has 0 aliphatic carbocycles.